The molecular weight excluding hydrogens is 672 g/mol. The normalized spacial score (nSPS) is 27.7. The van der Waals surface area contributed by atoms with Gasteiger partial charge in [-0.05, 0) is 144 Å². The smallest absolute Gasteiger partial charge is 0.345 e. The van der Waals surface area contributed by atoms with Crippen LogP contribution in [0.2, 0.25) is 0 Å². The second-order valence-electron chi connectivity index (χ2n) is 14.6. The number of hydrogen-bond donors (Lipinski definition) is 2. The van der Waals surface area contributed by atoms with Crippen LogP contribution in [0.25, 0.3) is 20.2 Å². The molecule has 4 bridgehead atoms. The molecule has 6 fully saturated rings. The number of aromatic carboxylic acids is 1. The molecule has 4 aromatic rings. The second kappa shape index (κ2) is 14.4. The molecule has 6 aliphatic rings. The number of Topliss-reactive ketones (excluding diaryl/α,β-unsaturated/α-hetero) is 1. The molecule has 260 valence electrons. The van der Waals surface area contributed by atoms with Gasteiger partial charge >= 0.3 is 5.97 Å². The molecular formula is C37H46ClF2N3O3S2. The Hall–Kier alpha value is -2.47. The Kier molecular flexibility index (Phi) is 11.0. The molecule has 11 heteroatoms. The Bertz CT molecular complexity index is 1770. The minimum absolute atomic E-state index is 0. The molecule has 6 saturated heterocycles. The SMILES string of the molecule is CC1(C)[C@@H](CC(=O)c2cc3ccc(F)cc3s2)C2CCN1CC2.CC1(C)[C@@H](N)C2CCN1CC2.Cl.O=C(O)c1cc2ccc(F)cc2s1. The minimum atomic E-state index is -0.971. The van der Waals surface area contributed by atoms with Gasteiger partial charge in [0.05, 0.1) is 4.88 Å². The molecule has 2 aromatic heterocycles. The van der Waals surface area contributed by atoms with Crippen LogP contribution in [0.5, 0.6) is 0 Å². The van der Waals surface area contributed by atoms with Gasteiger partial charge in [-0.2, -0.15) is 0 Å². The van der Waals surface area contributed by atoms with Crippen molar-refractivity contribution in [1.29, 1.82) is 0 Å². The molecule has 2 atom stereocenters. The van der Waals surface area contributed by atoms with Crippen LogP contribution in [0, 0.1) is 29.4 Å². The summed E-state index contributed by atoms with van der Waals surface area (Å²) in [5.74, 6) is 0.573. The van der Waals surface area contributed by atoms with Gasteiger partial charge in [-0.1, -0.05) is 12.1 Å². The molecule has 10 rings (SSSR count). The molecule has 0 spiro atoms. The molecule has 48 heavy (non-hydrogen) atoms. The number of nitrogens with zero attached hydrogens (tertiary/aromatic N) is 2. The number of piperidine rings is 6. The summed E-state index contributed by atoms with van der Waals surface area (Å²) in [5.41, 5.74) is 6.53. The van der Waals surface area contributed by atoms with E-state index in [9.17, 15) is 18.4 Å². The molecule has 6 aliphatic heterocycles. The number of ketones is 1. The second-order valence-corrected chi connectivity index (χ2v) is 16.8. The zero-order valence-corrected chi connectivity index (χ0v) is 30.5. The number of carboxylic acid groups (broad SMARTS) is 1. The van der Waals surface area contributed by atoms with Crippen molar-refractivity contribution in [3.8, 4) is 0 Å². The van der Waals surface area contributed by atoms with Crippen LogP contribution >= 0.6 is 35.1 Å². The van der Waals surface area contributed by atoms with E-state index in [4.69, 9.17) is 10.8 Å². The van der Waals surface area contributed by atoms with Crippen LogP contribution in [0.4, 0.5) is 8.78 Å². The lowest BCUT2D eigenvalue weighted by Gasteiger charge is -2.56. The Balaban J connectivity index is 0.000000153. The molecule has 0 saturated carbocycles. The van der Waals surface area contributed by atoms with Crippen LogP contribution in [0.1, 0.15) is 79.1 Å². The van der Waals surface area contributed by atoms with Crippen molar-refractivity contribution in [1.82, 2.24) is 9.80 Å². The number of carboxylic acids is 1. The maximum absolute atomic E-state index is 13.3. The molecule has 8 heterocycles. The number of benzene rings is 2. The molecule has 2 aromatic carbocycles. The predicted molar refractivity (Wildman–Crippen MR) is 195 cm³/mol. The number of thiophene rings is 2. The van der Waals surface area contributed by atoms with Gasteiger partial charge in [0.1, 0.15) is 16.5 Å². The van der Waals surface area contributed by atoms with Gasteiger partial charge in [-0.3, -0.25) is 14.6 Å². The lowest BCUT2D eigenvalue weighted by Crippen LogP contribution is -2.67. The van der Waals surface area contributed by atoms with Crippen molar-refractivity contribution in [2.24, 2.45) is 23.5 Å². The topological polar surface area (TPSA) is 86.9 Å². The van der Waals surface area contributed by atoms with E-state index in [1.807, 2.05) is 6.07 Å². The number of fused-ring (bicyclic) bond motifs is 8. The maximum Gasteiger partial charge on any atom is 0.345 e. The highest BCUT2D eigenvalue weighted by Crippen LogP contribution is 2.46. The summed E-state index contributed by atoms with van der Waals surface area (Å²) in [6.45, 7) is 14.0. The largest absolute Gasteiger partial charge is 0.477 e. The standard InChI is InChI=1S/C19H22FNOS.C9H5FO2S.C9H18N2.ClH/c1-19(2)15(12-5-7-21(19)8-6-12)11-16(22)18-9-13-3-4-14(20)10-17(13)23-18;10-6-2-1-5-3-8(9(11)12)13-7(5)4-6;1-9(2)8(10)7-3-5-11(9)6-4-7;/h3-4,9-10,12,15H,5-8,11H2,1-2H3;1-4H,(H,11,12);7-8H,3-6,10H2,1-2H3;1H/t15-;;8-;/m0.0./s1. The fourth-order valence-electron chi connectivity index (χ4n) is 8.28. The zero-order chi connectivity index (χ0) is 33.7. The lowest BCUT2D eigenvalue weighted by atomic mass is 9.65. The van der Waals surface area contributed by atoms with E-state index in [-0.39, 0.29) is 45.8 Å². The van der Waals surface area contributed by atoms with Crippen LogP contribution in [-0.4, -0.2) is 70.0 Å². The highest BCUT2D eigenvalue weighted by molar-refractivity contribution is 7.21. The average molecular weight is 718 g/mol. The number of hydrogen-bond acceptors (Lipinski definition) is 7. The Morgan fingerprint density at radius 3 is 1.67 bits per heavy atom. The number of carbonyl (C=O) groups excluding carboxylic acids is 1. The van der Waals surface area contributed by atoms with Crippen LogP contribution < -0.4 is 5.73 Å². The summed E-state index contributed by atoms with van der Waals surface area (Å²) in [6, 6.07) is 12.9. The Labute approximate surface area is 295 Å². The highest BCUT2D eigenvalue weighted by atomic mass is 35.5. The molecule has 0 aliphatic carbocycles. The lowest BCUT2D eigenvalue weighted by molar-refractivity contribution is -0.0643. The Morgan fingerprint density at radius 1 is 0.771 bits per heavy atom. The van der Waals surface area contributed by atoms with Crippen molar-refractivity contribution >= 4 is 67.0 Å². The molecule has 3 N–H and O–H groups in total. The molecule has 6 nitrogen and oxygen atoms in total. The zero-order valence-electron chi connectivity index (χ0n) is 28.0. The van der Waals surface area contributed by atoms with Gasteiger partial charge in [-0.25, -0.2) is 13.6 Å². The molecule has 0 radical (unpaired) electrons. The summed E-state index contributed by atoms with van der Waals surface area (Å²) in [7, 11) is 0. The van der Waals surface area contributed by atoms with E-state index in [1.165, 1.54) is 87.5 Å². The van der Waals surface area contributed by atoms with Gasteiger partial charge < -0.3 is 10.8 Å². The average Bonchev–Trinajstić information content (AvgIpc) is 3.67. The maximum atomic E-state index is 13.3. The predicted octanol–water partition coefficient (Wildman–Crippen LogP) is 8.71. The van der Waals surface area contributed by atoms with Crippen molar-refractivity contribution in [2.75, 3.05) is 26.2 Å². The van der Waals surface area contributed by atoms with Crippen LogP contribution in [0.15, 0.2) is 48.5 Å². The van der Waals surface area contributed by atoms with Gasteiger partial charge in [0, 0.05) is 32.9 Å². The first-order valence-electron chi connectivity index (χ1n) is 16.6. The van der Waals surface area contributed by atoms with E-state index in [0.29, 0.717) is 29.0 Å². The van der Waals surface area contributed by atoms with Crippen LogP contribution in [0.3, 0.4) is 0 Å². The van der Waals surface area contributed by atoms with E-state index < -0.39 is 5.97 Å². The van der Waals surface area contributed by atoms with Crippen molar-refractivity contribution in [3.05, 3.63) is 69.9 Å². The summed E-state index contributed by atoms with van der Waals surface area (Å²) in [6.07, 6.45) is 5.71. The first kappa shape index (κ1) is 36.8. The van der Waals surface area contributed by atoms with Crippen molar-refractivity contribution in [3.63, 3.8) is 0 Å². The summed E-state index contributed by atoms with van der Waals surface area (Å²) in [4.78, 5) is 29.5. The number of rotatable bonds is 4. The number of halogens is 3. The highest BCUT2D eigenvalue weighted by Gasteiger charge is 2.48. The minimum Gasteiger partial charge on any atom is -0.477 e. The van der Waals surface area contributed by atoms with E-state index in [2.05, 4.69) is 37.5 Å². The Morgan fingerprint density at radius 2 is 1.23 bits per heavy atom. The van der Waals surface area contributed by atoms with Crippen molar-refractivity contribution < 1.29 is 23.5 Å². The number of carbonyl (C=O) groups is 2. The third kappa shape index (κ3) is 7.35. The fraction of sp³-hybridized carbons (Fsp3) is 0.514. The van der Waals surface area contributed by atoms with Gasteiger partial charge in [0.25, 0.3) is 0 Å². The third-order valence-corrected chi connectivity index (χ3v) is 13.6. The molecule has 0 amide bonds. The van der Waals surface area contributed by atoms with E-state index in [0.717, 1.165) is 37.6 Å². The van der Waals surface area contributed by atoms with Crippen molar-refractivity contribution in [2.45, 2.75) is 76.9 Å². The monoisotopic (exact) mass is 717 g/mol. The van der Waals surface area contributed by atoms with Gasteiger partial charge in [-0.15, -0.1) is 35.1 Å². The van der Waals surface area contributed by atoms with Crippen LogP contribution in [-0.2, 0) is 0 Å². The third-order valence-electron chi connectivity index (χ3n) is 11.4. The van der Waals surface area contributed by atoms with E-state index in [1.54, 1.807) is 18.2 Å². The first-order chi connectivity index (χ1) is 22.2. The molecule has 0 unspecified atom stereocenters. The van der Waals surface area contributed by atoms with E-state index >= 15 is 0 Å². The summed E-state index contributed by atoms with van der Waals surface area (Å²) >= 11 is 2.51. The van der Waals surface area contributed by atoms with Gasteiger partial charge in [0.2, 0.25) is 0 Å². The summed E-state index contributed by atoms with van der Waals surface area (Å²) < 4.78 is 27.6. The van der Waals surface area contributed by atoms with Gasteiger partial charge in [0.15, 0.2) is 5.78 Å². The summed E-state index contributed by atoms with van der Waals surface area (Å²) in [5, 5.41) is 10.4. The first-order valence-corrected chi connectivity index (χ1v) is 18.3. The number of nitrogens with two attached hydrogens (primary N) is 1. The fourth-order valence-corrected chi connectivity index (χ4v) is 10.2. The quantitative estimate of drug-likeness (QED) is 0.206.